The Labute approximate surface area is 132 Å². The minimum atomic E-state index is -4.18. The van der Waals surface area contributed by atoms with E-state index in [1.807, 2.05) is 20.8 Å². The summed E-state index contributed by atoms with van der Waals surface area (Å²) in [5.74, 6) is -1.95. The van der Waals surface area contributed by atoms with Crippen molar-refractivity contribution in [3.05, 3.63) is 28.5 Å². The first-order valence-electron chi connectivity index (χ1n) is 6.02. The molecule has 0 unspecified atom stereocenters. The fourth-order valence-electron chi connectivity index (χ4n) is 1.38. The molecule has 0 amide bonds. The van der Waals surface area contributed by atoms with E-state index in [4.69, 9.17) is 27.0 Å². The Morgan fingerprint density at radius 1 is 1.33 bits per heavy atom. The second-order valence-electron chi connectivity index (χ2n) is 5.65. The molecule has 8 heteroatoms. The predicted octanol–water partition coefficient (Wildman–Crippen LogP) is 4.00. The third-order valence-corrected chi connectivity index (χ3v) is 4.31. The summed E-state index contributed by atoms with van der Waals surface area (Å²) in [5.41, 5.74) is -0.416. The number of rotatable bonds is 4. The number of hydrogen-bond donors (Lipinski definition) is 0. The molecule has 0 radical (unpaired) electrons. The number of carbonyl (C=O) groups is 1. The Balaban J connectivity index is 3.02. The normalized spacial score (nSPS) is 12.3. The molecule has 1 aromatic carbocycles. The third kappa shape index (κ3) is 5.45. The summed E-state index contributed by atoms with van der Waals surface area (Å²) < 4.78 is 41.0. The van der Waals surface area contributed by atoms with Crippen LogP contribution in [-0.2, 0) is 13.8 Å². The Morgan fingerprint density at radius 3 is 2.38 bits per heavy atom. The molecular weight excluding hydrogens is 342 g/mol. The van der Waals surface area contributed by atoms with Crippen LogP contribution in [-0.4, -0.2) is 21.0 Å². The number of carbonyl (C=O) groups excluding carboxylic acids is 1. The molecule has 0 heterocycles. The van der Waals surface area contributed by atoms with Crippen molar-refractivity contribution >= 4 is 37.3 Å². The first kappa shape index (κ1) is 18.2. The molecule has 1 aromatic rings. The number of esters is 1. The van der Waals surface area contributed by atoms with E-state index in [0.29, 0.717) is 12.5 Å². The van der Waals surface area contributed by atoms with Crippen LogP contribution < -0.4 is 0 Å². The van der Waals surface area contributed by atoms with Crippen molar-refractivity contribution in [2.45, 2.75) is 32.1 Å². The smallest absolute Gasteiger partial charge is 0.339 e. The first-order valence-corrected chi connectivity index (χ1v) is 8.71. The standard InChI is InChI=1S/C13H15Cl2FO4S/c1-13(2,3)4-5-20-12(17)9-6-8(21(15,18)19)7-10(16)11(9)14/h6-7H,4-5H2,1-3H3. The Morgan fingerprint density at radius 2 is 1.90 bits per heavy atom. The van der Waals surface area contributed by atoms with Crippen molar-refractivity contribution in [1.29, 1.82) is 0 Å². The molecule has 0 saturated carbocycles. The van der Waals surface area contributed by atoms with Crippen LogP contribution in [0, 0.1) is 11.2 Å². The lowest BCUT2D eigenvalue weighted by Crippen LogP contribution is -2.14. The zero-order valence-electron chi connectivity index (χ0n) is 11.7. The maximum Gasteiger partial charge on any atom is 0.339 e. The highest BCUT2D eigenvalue weighted by atomic mass is 35.7. The van der Waals surface area contributed by atoms with Crippen LogP contribution in [0.3, 0.4) is 0 Å². The van der Waals surface area contributed by atoms with Crippen LogP contribution >= 0.6 is 22.3 Å². The lowest BCUT2D eigenvalue weighted by molar-refractivity contribution is 0.0464. The first-order chi connectivity index (χ1) is 9.42. The van der Waals surface area contributed by atoms with Crippen molar-refractivity contribution in [3.63, 3.8) is 0 Å². The molecule has 0 aromatic heterocycles. The monoisotopic (exact) mass is 356 g/mol. The molecule has 21 heavy (non-hydrogen) atoms. The van der Waals surface area contributed by atoms with Crippen molar-refractivity contribution < 1.29 is 22.3 Å². The van der Waals surface area contributed by atoms with Gasteiger partial charge in [0.15, 0.2) is 0 Å². The van der Waals surface area contributed by atoms with Crippen LogP contribution in [0.1, 0.15) is 37.6 Å². The highest BCUT2D eigenvalue weighted by Gasteiger charge is 2.22. The van der Waals surface area contributed by atoms with Gasteiger partial charge in [0.25, 0.3) is 9.05 Å². The van der Waals surface area contributed by atoms with Gasteiger partial charge in [-0.05, 0) is 24.0 Å². The Hall–Kier alpha value is -0.850. The summed E-state index contributed by atoms with van der Waals surface area (Å²) in [6.07, 6.45) is 0.590. The van der Waals surface area contributed by atoms with E-state index in [0.717, 1.165) is 6.07 Å². The second kappa shape index (κ2) is 6.50. The maximum atomic E-state index is 13.6. The average Bonchev–Trinajstić information content (AvgIpc) is 2.29. The van der Waals surface area contributed by atoms with Gasteiger partial charge >= 0.3 is 5.97 Å². The summed E-state index contributed by atoms with van der Waals surface area (Å²) >= 11 is 5.67. The van der Waals surface area contributed by atoms with Gasteiger partial charge in [-0.15, -0.1) is 0 Å². The minimum absolute atomic E-state index is 0.0450. The molecular formula is C13H15Cl2FO4S. The van der Waals surface area contributed by atoms with Crippen LogP contribution in [0.5, 0.6) is 0 Å². The highest BCUT2D eigenvalue weighted by Crippen LogP contribution is 2.27. The van der Waals surface area contributed by atoms with E-state index >= 15 is 0 Å². The molecule has 0 N–H and O–H groups in total. The molecule has 0 spiro atoms. The predicted molar refractivity (Wildman–Crippen MR) is 78.8 cm³/mol. The van der Waals surface area contributed by atoms with Gasteiger partial charge in [0, 0.05) is 10.7 Å². The lowest BCUT2D eigenvalue weighted by Gasteiger charge is -2.17. The van der Waals surface area contributed by atoms with Crippen molar-refractivity contribution in [2.24, 2.45) is 5.41 Å². The topological polar surface area (TPSA) is 60.4 Å². The van der Waals surface area contributed by atoms with E-state index < -0.39 is 30.8 Å². The van der Waals surface area contributed by atoms with Gasteiger partial charge in [-0.2, -0.15) is 0 Å². The molecule has 0 aliphatic heterocycles. The fourth-order valence-corrected chi connectivity index (χ4v) is 2.34. The Bertz CT molecular complexity index is 651. The van der Waals surface area contributed by atoms with E-state index in [9.17, 15) is 17.6 Å². The molecule has 0 saturated heterocycles. The van der Waals surface area contributed by atoms with Crippen molar-refractivity contribution in [2.75, 3.05) is 6.61 Å². The summed E-state index contributed by atoms with van der Waals surface area (Å²) in [6.45, 7) is 6.01. The molecule has 0 aliphatic rings. The molecule has 0 fully saturated rings. The van der Waals surface area contributed by atoms with Crippen LogP contribution in [0.4, 0.5) is 4.39 Å². The van der Waals surface area contributed by atoms with Crippen LogP contribution in [0.25, 0.3) is 0 Å². The quantitative estimate of drug-likeness (QED) is 0.604. The van der Waals surface area contributed by atoms with Gasteiger partial charge in [0.2, 0.25) is 0 Å². The second-order valence-corrected chi connectivity index (χ2v) is 8.59. The molecule has 4 nitrogen and oxygen atoms in total. The minimum Gasteiger partial charge on any atom is -0.462 e. The van der Waals surface area contributed by atoms with Gasteiger partial charge in [-0.25, -0.2) is 17.6 Å². The lowest BCUT2D eigenvalue weighted by atomic mass is 9.93. The van der Waals surface area contributed by atoms with E-state index in [1.165, 1.54) is 0 Å². The molecule has 118 valence electrons. The van der Waals surface area contributed by atoms with Crippen molar-refractivity contribution in [1.82, 2.24) is 0 Å². The number of halogens is 3. The molecule has 0 bridgehead atoms. The van der Waals surface area contributed by atoms with Gasteiger partial charge in [0.05, 0.1) is 22.1 Å². The van der Waals surface area contributed by atoms with Crippen LogP contribution in [0.2, 0.25) is 5.02 Å². The summed E-state index contributed by atoms with van der Waals surface area (Å²) in [5, 5.41) is -0.500. The molecule has 0 atom stereocenters. The summed E-state index contributed by atoms with van der Waals surface area (Å²) in [6, 6.07) is 1.55. The van der Waals surface area contributed by atoms with Crippen LogP contribution in [0.15, 0.2) is 17.0 Å². The van der Waals surface area contributed by atoms with Gasteiger partial charge < -0.3 is 4.74 Å². The number of benzene rings is 1. The molecule has 1 rings (SSSR count). The zero-order chi connectivity index (χ0) is 16.4. The summed E-state index contributed by atoms with van der Waals surface area (Å²) in [7, 11) is 0.958. The molecule has 0 aliphatic carbocycles. The van der Waals surface area contributed by atoms with E-state index in [2.05, 4.69) is 0 Å². The summed E-state index contributed by atoms with van der Waals surface area (Å²) in [4.78, 5) is 11.3. The van der Waals surface area contributed by atoms with Gasteiger partial charge in [-0.3, -0.25) is 0 Å². The third-order valence-electron chi connectivity index (χ3n) is 2.59. The largest absolute Gasteiger partial charge is 0.462 e. The average molecular weight is 357 g/mol. The zero-order valence-corrected chi connectivity index (χ0v) is 14.1. The SMILES string of the molecule is CC(C)(C)CCOC(=O)c1cc(S(=O)(=O)Cl)cc(F)c1Cl. The fraction of sp³-hybridized carbons (Fsp3) is 0.462. The van der Waals surface area contributed by atoms with E-state index in [1.54, 1.807) is 0 Å². The van der Waals surface area contributed by atoms with E-state index in [-0.39, 0.29) is 17.6 Å². The number of hydrogen-bond acceptors (Lipinski definition) is 4. The highest BCUT2D eigenvalue weighted by molar-refractivity contribution is 8.13. The van der Waals surface area contributed by atoms with Gasteiger partial charge in [-0.1, -0.05) is 32.4 Å². The maximum absolute atomic E-state index is 13.6. The van der Waals surface area contributed by atoms with Crippen molar-refractivity contribution in [3.8, 4) is 0 Å². The van der Waals surface area contributed by atoms with Gasteiger partial charge in [0.1, 0.15) is 5.82 Å². The Kier molecular flexibility index (Phi) is 5.63. The number of ether oxygens (including phenoxy) is 1.